The maximum atomic E-state index is 10.6. The lowest BCUT2D eigenvalue weighted by Crippen LogP contribution is -2.46. The van der Waals surface area contributed by atoms with Crippen LogP contribution in [0.3, 0.4) is 0 Å². The van der Waals surface area contributed by atoms with Gasteiger partial charge in [-0.15, -0.1) is 0 Å². The van der Waals surface area contributed by atoms with Gasteiger partial charge in [0.05, 0.1) is 5.60 Å². The molecule has 1 aromatic carbocycles. The van der Waals surface area contributed by atoms with Crippen LogP contribution in [0.15, 0.2) is 30.3 Å². The van der Waals surface area contributed by atoms with E-state index in [0.717, 1.165) is 25.1 Å². The van der Waals surface area contributed by atoms with Crippen molar-refractivity contribution in [2.45, 2.75) is 24.4 Å². The van der Waals surface area contributed by atoms with Gasteiger partial charge in [0.1, 0.15) is 0 Å². The van der Waals surface area contributed by atoms with Crippen molar-refractivity contribution >= 4 is 12.6 Å². The van der Waals surface area contributed by atoms with E-state index < -0.39 is 5.60 Å². The molecule has 1 atom stereocenters. The second-order valence-electron chi connectivity index (χ2n) is 5.82. The molecule has 3 nitrogen and oxygen atoms in total. The van der Waals surface area contributed by atoms with E-state index in [4.69, 9.17) is 4.74 Å². The number of hydrogen-bond donors (Lipinski definition) is 2. The van der Waals surface area contributed by atoms with E-state index in [0.29, 0.717) is 25.7 Å². The van der Waals surface area contributed by atoms with Crippen molar-refractivity contribution in [3.8, 4) is 0 Å². The number of hydrogen-bond acceptors (Lipinski definition) is 4. The van der Waals surface area contributed by atoms with Gasteiger partial charge >= 0.3 is 0 Å². The Balaban J connectivity index is 1.90. The Morgan fingerprint density at radius 1 is 1.30 bits per heavy atom. The predicted octanol–water partition coefficient (Wildman–Crippen LogP) is 2.17. The van der Waals surface area contributed by atoms with Gasteiger partial charge in [-0.05, 0) is 18.4 Å². The van der Waals surface area contributed by atoms with Gasteiger partial charge in [0.2, 0.25) is 0 Å². The van der Waals surface area contributed by atoms with Crippen LogP contribution in [0.4, 0.5) is 0 Å². The fraction of sp³-hybridized carbons (Fsp3) is 0.625. The fourth-order valence-electron chi connectivity index (χ4n) is 2.85. The van der Waals surface area contributed by atoms with Crippen molar-refractivity contribution < 1.29 is 9.84 Å². The van der Waals surface area contributed by atoms with Crippen LogP contribution in [0.5, 0.6) is 0 Å². The molecule has 1 heterocycles. The molecule has 0 bridgehead atoms. The molecule has 112 valence electrons. The van der Waals surface area contributed by atoms with E-state index in [9.17, 15) is 5.11 Å². The Morgan fingerprint density at radius 2 is 1.95 bits per heavy atom. The minimum atomic E-state index is -0.592. The van der Waals surface area contributed by atoms with Crippen LogP contribution in [0.2, 0.25) is 0 Å². The lowest BCUT2D eigenvalue weighted by molar-refractivity contribution is -0.0771. The summed E-state index contributed by atoms with van der Waals surface area (Å²) in [7, 11) is 2.08. The number of aliphatic hydroxyl groups is 1. The molecule has 1 unspecified atom stereocenters. The average Bonchev–Trinajstić information content (AvgIpc) is 2.46. The SMILES string of the molecule is CN(CC(CS)c1ccccc1)CC1(O)CCOCC1. The Kier molecular flexibility index (Phi) is 5.90. The van der Waals surface area contributed by atoms with Crippen LogP contribution >= 0.6 is 12.6 Å². The van der Waals surface area contributed by atoms with Crippen molar-refractivity contribution in [1.82, 2.24) is 4.90 Å². The monoisotopic (exact) mass is 295 g/mol. The molecule has 0 spiro atoms. The normalized spacial score (nSPS) is 20.0. The summed E-state index contributed by atoms with van der Waals surface area (Å²) in [6, 6.07) is 10.5. The Labute approximate surface area is 127 Å². The second-order valence-corrected chi connectivity index (χ2v) is 6.19. The lowest BCUT2D eigenvalue weighted by atomic mass is 9.93. The summed E-state index contributed by atoms with van der Waals surface area (Å²) < 4.78 is 5.33. The third kappa shape index (κ3) is 4.48. The first-order chi connectivity index (χ1) is 9.63. The number of nitrogens with zero attached hydrogens (tertiary/aromatic N) is 1. The van der Waals surface area contributed by atoms with Gasteiger partial charge in [0.15, 0.2) is 0 Å². The molecule has 2 rings (SSSR count). The predicted molar refractivity (Wildman–Crippen MR) is 85.5 cm³/mol. The maximum absolute atomic E-state index is 10.6. The van der Waals surface area contributed by atoms with Gasteiger partial charge < -0.3 is 14.7 Å². The third-order valence-corrected chi connectivity index (χ3v) is 4.45. The summed E-state index contributed by atoms with van der Waals surface area (Å²) in [4.78, 5) is 2.22. The summed E-state index contributed by atoms with van der Waals surface area (Å²) in [6.07, 6.45) is 1.46. The number of benzene rings is 1. The smallest absolute Gasteiger partial charge is 0.0817 e. The van der Waals surface area contributed by atoms with E-state index in [2.05, 4.69) is 48.8 Å². The fourth-order valence-corrected chi connectivity index (χ4v) is 3.17. The van der Waals surface area contributed by atoms with Gasteiger partial charge in [-0.1, -0.05) is 30.3 Å². The van der Waals surface area contributed by atoms with E-state index in [1.165, 1.54) is 5.56 Å². The molecule has 0 saturated carbocycles. The topological polar surface area (TPSA) is 32.7 Å². The molecule has 1 N–H and O–H groups in total. The first kappa shape index (κ1) is 15.8. The van der Waals surface area contributed by atoms with Crippen molar-refractivity contribution in [2.75, 3.05) is 39.1 Å². The molecule has 1 aliphatic heterocycles. The van der Waals surface area contributed by atoms with E-state index in [1.54, 1.807) is 0 Å². The summed E-state index contributed by atoms with van der Waals surface area (Å²) in [5, 5.41) is 10.6. The molecule has 0 amide bonds. The van der Waals surface area contributed by atoms with Crippen LogP contribution < -0.4 is 0 Å². The highest BCUT2D eigenvalue weighted by Gasteiger charge is 2.31. The molecule has 0 radical (unpaired) electrons. The van der Waals surface area contributed by atoms with Crippen LogP contribution in [-0.2, 0) is 4.74 Å². The molecular weight excluding hydrogens is 270 g/mol. The minimum absolute atomic E-state index is 0.396. The first-order valence-corrected chi connectivity index (χ1v) is 7.91. The zero-order valence-electron chi connectivity index (χ0n) is 12.2. The molecule has 0 aromatic heterocycles. The van der Waals surface area contributed by atoms with E-state index in [1.807, 2.05) is 6.07 Å². The Morgan fingerprint density at radius 3 is 2.55 bits per heavy atom. The molecule has 0 aliphatic carbocycles. The highest BCUT2D eigenvalue weighted by Crippen LogP contribution is 2.23. The van der Waals surface area contributed by atoms with Crippen LogP contribution in [0.25, 0.3) is 0 Å². The standard InChI is InChI=1S/C16H25NO2S/c1-17(13-16(18)7-9-19-10-8-16)11-15(12-20)14-5-3-2-4-6-14/h2-6,15,18,20H,7-13H2,1H3. The van der Waals surface area contributed by atoms with Crippen molar-refractivity contribution in [3.05, 3.63) is 35.9 Å². The van der Waals surface area contributed by atoms with Gasteiger partial charge in [-0.3, -0.25) is 0 Å². The van der Waals surface area contributed by atoms with Crippen molar-refractivity contribution in [1.29, 1.82) is 0 Å². The number of rotatable bonds is 6. The summed E-state index contributed by atoms with van der Waals surface area (Å²) >= 11 is 4.48. The number of thiol groups is 1. The molecule has 1 aromatic rings. The molecule has 1 fully saturated rings. The molecule has 1 saturated heterocycles. The first-order valence-electron chi connectivity index (χ1n) is 7.27. The van der Waals surface area contributed by atoms with E-state index in [-0.39, 0.29) is 0 Å². The zero-order chi connectivity index (χ0) is 14.4. The van der Waals surface area contributed by atoms with Gasteiger partial charge in [-0.2, -0.15) is 12.6 Å². The van der Waals surface area contributed by atoms with Crippen molar-refractivity contribution in [2.24, 2.45) is 0 Å². The highest BCUT2D eigenvalue weighted by atomic mass is 32.1. The van der Waals surface area contributed by atoms with Gasteiger partial charge in [0.25, 0.3) is 0 Å². The molecular formula is C16H25NO2S. The summed E-state index contributed by atoms with van der Waals surface area (Å²) in [6.45, 7) is 2.95. The minimum Gasteiger partial charge on any atom is -0.388 e. The van der Waals surface area contributed by atoms with Gasteiger partial charge in [-0.25, -0.2) is 0 Å². The maximum Gasteiger partial charge on any atom is 0.0817 e. The summed E-state index contributed by atoms with van der Waals surface area (Å²) in [5.41, 5.74) is 0.721. The Bertz CT molecular complexity index is 393. The highest BCUT2D eigenvalue weighted by molar-refractivity contribution is 7.80. The van der Waals surface area contributed by atoms with Gasteiger partial charge in [0, 0.05) is 45.1 Å². The van der Waals surface area contributed by atoms with E-state index >= 15 is 0 Å². The zero-order valence-corrected chi connectivity index (χ0v) is 13.1. The molecule has 1 aliphatic rings. The third-order valence-electron chi connectivity index (χ3n) is 4.01. The molecule has 4 heteroatoms. The average molecular weight is 295 g/mol. The second kappa shape index (κ2) is 7.46. The number of ether oxygens (including phenoxy) is 1. The Hall–Kier alpha value is -0.550. The largest absolute Gasteiger partial charge is 0.388 e. The number of likely N-dealkylation sites (N-methyl/N-ethyl adjacent to an activating group) is 1. The quantitative estimate of drug-likeness (QED) is 0.789. The molecule has 20 heavy (non-hydrogen) atoms. The van der Waals surface area contributed by atoms with Crippen LogP contribution in [-0.4, -0.2) is 54.7 Å². The van der Waals surface area contributed by atoms with Crippen molar-refractivity contribution in [3.63, 3.8) is 0 Å². The summed E-state index contributed by atoms with van der Waals surface area (Å²) in [5.74, 6) is 1.21. The van der Waals surface area contributed by atoms with Crippen LogP contribution in [0, 0.1) is 0 Å². The lowest BCUT2D eigenvalue weighted by Gasteiger charge is -2.36. The van der Waals surface area contributed by atoms with Crippen LogP contribution in [0.1, 0.15) is 24.3 Å².